The number of fused-ring (bicyclic) bond motifs is 3. The van der Waals surface area contributed by atoms with Crippen LogP contribution in [-0.2, 0) is 24.1 Å². The number of unbranched alkanes of at least 4 members (excludes halogenated alkanes) is 2. The van der Waals surface area contributed by atoms with Gasteiger partial charge in [0.1, 0.15) is 0 Å². The van der Waals surface area contributed by atoms with Gasteiger partial charge in [0.15, 0.2) is 0 Å². The standard InChI is InChI=1S/C17H22N2O2.ClH/c20-16(21)9-3-1-2-8-15-17-13(10-11-18-15)12-6-4-5-7-14(12)19-17;/h10-11,19H,1-9H2,(H,20,21);1H. The van der Waals surface area contributed by atoms with E-state index in [0.29, 0.717) is 0 Å². The number of H-pyrrole nitrogens is 1. The highest BCUT2D eigenvalue weighted by molar-refractivity contribution is 5.86. The highest BCUT2D eigenvalue weighted by atomic mass is 35.5. The molecule has 1 aliphatic carbocycles. The lowest BCUT2D eigenvalue weighted by atomic mass is 9.96. The van der Waals surface area contributed by atoms with Gasteiger partial charge in [0.25, 0.3) is 0 Å². The number of aryl methyl sites for hydroxylation is 3. The Labute approximate surface area is 136 Å². The van der Waals surface area contributed by atoms with E-state index in [0.717, 1.165) is 37.8 Å². The third-order valence-electron chi connectivity index (χ3n) is 4.40. The molecule has 22 heavy (non-hydrogen) atoms. The van der Waals surface area contributed by atoms with Crippen molar-refractivity contribution in [3.63, 3.8) is 0 Å². The maximum atomic E-state index is 10.5. The summed E-state index contributed by atoms with van der Waals surface area (Å²) < 4.78 is 0. The lowest BCUT2D eigenvalue weighted by Gasteiger charge is -2.10. The van der Waals surface area contributed by atoms with Crippen LogP contribution in [0.4, 0.5) is 0 Å². The number of halogens is 1. The maximum Gasteiger partial charge on any atom is 0.303 e. The molecular weight excluding hydrogens is 300 g/mol. The van der Waals surface area contributed by atoms with E-state index in [1.807, 2.05) is 6.20 Å². The van der Waals surface area contributed by atoms with Crippen molar-refractivity contribution in [3.8, 4) is 0 Å². The normalized spacial score (nSPS) is 13.6. The van der Waals surface area contributed by atoms with Gasteiger partial charge in [0.05, 0.1) is 11.2 Å². The van der Waals surface area contributed by atoms with Crippen molar-refractivity contribution >= 4 is 29.3 Å². The topological polar surface area (TPSA) is 66.0 Å². The van der Waals surface area contributed by atoms with Crippen LogP contribution in [0.5, 0.6) is 0 Å². The second-order valence-electron chi connectivity index (χ2n) is 5.92. The number of aromatic nitrogens is 2. The van der Waals surface area contributed by atoms with Gasteiger partial charge in [0, 0.05) is 23.7 Å². The number of nitrogens with one attached hydrogen (secondary N) is 1. The van der Waals surface area contributed by atoms with Gasteiger partial charge in [-0.15, -0.1) is 12.4 Å². The van der Waals surface area contributed by atoms with E-state index in [4.69, 9.17) is 5.11 Å². The van der Waals surface area contributed by atoms with Crippen molar-refractivity contribution in [2.24, 2.45) is 0 Å². The zero-order valence-corrected chi connectivity index (χ0v) is 13.5. The van der Waals surface area contributed by atoms with Gasteiger partial charge in [-0.3, -0.25) is 9.78 Å². The van der Waals surface area contributed by atoms with Crippen LogP contribution in [0.15, 0.2) is 12.3 Å². The largest absolute Gasteiger partial charge is 0.481 e. The fourth-order valence-corrected chi connectivity index (χ4v) is 3.32. The Morgan fingerprint density at radius 1 is 1.23 bits per heavy atom. The fourth-order valence-electron chi connectivity index (χ4n) is 3.32. The molecule has 0 radical (unpaired) electrons. The number of aromatic amines is 1. The highest BCUT2D eigenvalue weighted by Crippen LogP contribution is 2.30. The molecule has 0 fully saturated rings. The molecule has 0 amide bonds. The fraction of sp³-hybridized carbons (Fsp3) is 0.529. The number of nitrogens with zero attached hydrogens (tertiary/aromatic N) is 1. The second kappa shape index (κ2) is 7.63. The molecule has 0 saturated heterocycles. The lowest BCUT2D eigenvalue weighted by Crippen LogP contribution is -1.99. The van der Waals surface area contributed by atoms with Crippen LogP contribution in [0, 0.1) is 0 Å². The molecule has 3 rings (SSSR count). The number of carboxylic acids is 1. The molecule has 0 atom stereocenters. The predicted molar refractivity (Wildman–Crippen MR) is 89.8 cm³/mol. The van der Waals surface area contributed by atoms with Crippen LogP contribution >= 0.6 is 12.4 Å². The molecule has 5 heteroatoms. The Morgan fingerprint density at radius 2 is 2.05 bits per heavy atom. The van der Waals surface area contributed by atoms with E-state index in [-0.39, 0.29) is 18.8 Å². The van der Waals surface area contributed by atoms with Crippen LogP contribution < -0.4 is 0 Å². The van der Waals surface area contributed by atoms with Gasteiger partial charge in [-0.25, -0.2) is 0 Å². The Bertz CT molecular complexity index is 651. The molecule has 0 aromatic carbocycles. The van der Waals surface area contributed by atoms with Crippen molar-refractivity contribution < 1.29 is 9.90 Å². The van der Waals surface area contributed by atoms with E-state index in [2.05, 4.69) is 16.0 Å². The molecule has 4 nitrogen and oxygen atoms in total. The van der Waals surface area contributed by atoms with E-state index < -0.39 is 5.97 Å². The third-order valence-corrected chi connectivity index (χ3v) is 4.40. The number of carboxylic acid groups (broad SMARTS) is 1. The number of pyridine rings is 1. The number of hydrogen-bond donors (Lipinski definition) is 2. The van der Waals surface area contributed by atoms with Gasteiger partial charge < -0.3 is 10.1 Å². The first kappa shape index (κ1) is 16.8. The number of hydrogen-bond acceptors (Lipinski definition) is 2. The summed E-state index contributed by atoms with van der Waals surface area (Å²) in [6.45, 7) is 0. The Hall–Kier alpha value is -1.55. The second-order valence-corrected chi connectivity index (χ2v) is 5.92. The number of carbonyl (C=O) groups is 1. The summed E-state index contributed by atoms with van der Waals surface area (Å²) in [7, 11) is 0. The van der Waals surface area contributed by atoms with E-state index in [1.165, 1.54) is 41.4 Å². The number of rotatable bonds is 6. The summed E-state index contributed by atoms with van der Waals surface area (Å²) in [4.78, 5) is 18.6. The minimum Gasteiger partial charge on any atom is -0.481 e. The Morgan fingerprint density at radius 3 is 2.86 bits per heavy atom. The van der Waals surface area contributed by atoms with E-state index >= 15 is 0 Å². The van der Waals surface area contributed by atoms with Crippen molar-refractivity contribution in [2.75, 3.05) is 0 Å². The first-order valence-corrected chi connectivity index (χ1v) is 7.95. The molecular formula is C17H23ClN2O2. The molecule has 0 spiro atoms. The molecule has 0 saturated carbocycles. The van der Waals surface area contributed by atoms with Crippen molar-refractivity contribution in [1.29, 1.82) is 0 Å². The smallest absolute Gasteiger partial charge is 0.303 e. The molecule has 120 valence electrons. The molecule has 0 unspecified atom stereocenters. The molecule has 2 aromatic heterocycles. The summed E-state index contributed by atoms with van der Waals surface area (Å²) in [5.41, 5.74) is 5.24. The zero-order valence-electron chi connectivity index (χ0n) is 12.7. The average Bonchev–Trinajstić information content (AvgIpc) is 2.86. The van der Waals surface area contributed by atoms with Gasteiger partial charge in [-0.05, 0) is 56.6 Å². The molecule has 2 N–H and O–H groups in total. The van der Waals surface area contributed by atoms with Crippen LogP contribution in [0.2, 0.25) is 0 Å². The first-order valence-electron chi connectivity index (χ1n) is 7.95. The summed E-state index contributed by atoms with van der Waals surface area (Å²) >= 11 is 0. The molecule has 0 aliphatic heterocycles. The minimum atomic E-state index is -0.702. The van der Waals surface area contributed by atoms with Crippen LogP contribution in [0.25, 0.3) is 10.9 Å². The van der Waals surface area contributed by atoms with Gasteiger partial charge in [-0.2, -0.15) is 0 Å². The van der Waals surface area contributed by atoms with Gasteiger partial charge >= 0.3 is 5.97 Å². The first-order chi connectivity index (χ1) is 10.3. The number of aliphatic carboxylic acids is 1. The maximum absolute atomic E-state index is 10.5. The summed E-state index contributed by atoms with van der Waals surface area (Å²) in [5.74, 6) is -0.702. The Balaban J connectivity index is 0.00000176. The van der Waals surface area contributed by atoms with Gasteiger partial charge in [-0.1, -0.05) is 6.42 Å². The molecule has 2 heterocycles. The van der Waals surface area contributed by atoms with Crippen LogP contribution in [0.1, 0.15) is 55.5 Å². The van der Waals surface area contributed by atoms with Gasteiger partial charge in [0.2, 0.25) is 0 Å². The quantitative estimate of drug-likeness (QED) is 0.788. The predicted octanol–water partition coefficient (Wildman–Crippen LogP) is 4.05. The lowest BCUT2D eigenvalue weighted by molar-refractivity contribution is -0.137. The average molecular weight is 323 g/mol. The monoisotopic (exact) mass is 322 g/mol. The SMILES string of the molecule is Cl.O=C(O)CCCCCc1nccc2c3c([nH]c12)CCCC3. The van der Waals surface area contributed by atoms with Crippen molar-refractivity contribution in [1.82, 2.24) is 9.97 Å². The Kier molecular flexibility index (Phi) is 5.83. The van der Waals surface area contributed by atoms with Crippen molar-refractivity contribution in [2.45, 2.75) is 57.8 Å². The van der Waals surface area contributed by atoms with Crippen LogP contribution in [-0.4, -0.2) is 21.0 Å². The molecule has 0 bridgehead atoms. The van der Waals surface area contributed by atoms with E-state index in [1.54, 1.807) is 0 Å². The highest BCUT2D eigenvalue weighted by Gasteiger charge is 2.17. The molecule has 1 aliphatic rings. The third kappa shape index (κ3) is 3.61. The van der Waals surface area contributed by atoms with E-state index in [9.17, 15) is 4.79 Å². The summed E-state index contributed by atoms with van der Waals surface area (Å²) in [5, 5.41) is 9.99. The summed E-state index contributed by atoms with van der Waals surface area (Å²) in [6, 6.07) is 2.13. The van der Waals surface area contributed by atoms with Crippen LogP contribution in [0.3, 0.4) is 0 Å². The molecule has 2 aromatic rings. The van der Waals surface area contributed by atoms with Crippen molar-refractivity contribution in [3.05, 3.63) is 29.2 Å². The minimum absolute atomic E-state index is 0. The zero-order chi connectivity index (χ0) is 14.7. The summed E-state index contributed by atoms with van der Waals surface area (Å²) in [6.07, 6.45) is 10.7.